The minimum atomic E-state index is -0.611. The molecule has 1 aliphatic heterocycles. The first-order valence-electron chi connectivity index (χ1n) is 6.38. The van der Waals surface area contributed by atoms with Gasteiger partial charge in [0.25, 0.3) is 5.91 Å². The summed E-state index contributed by atoms with van der Waals surface area (Å²) in [7, 11) is 0. The zero-order valence-corrected chi connectivity index (χ0v) is 10.8. The van der Waals surface area contributed by atoms with E-state index >= 15 is 0 Å². The Bertz CT molecular complexity index is 849. The molecule has 1 amide bonds. The number of aromatic nitrogens is 4. The molecule has 3 aromatic rings. The molecule has 104 valence electrons. The second-order valence-electron chi connectivity index (χ2n) is 4.76. The third-order valence-corrected chi connectivity index (χ3v) is 3.51. The molecule has 1 unspecified atom stereocenters. The Morgan fingerprint density at radius 3 is 3.05 bits per heavy atom. The maximum Gasteiger partial charge on any atom is 0.256 e. The highest BCUT2D eigenvalue weighted by Crippen LogP contribution is 2.33. The molecule has 2 N–H and O–H groups in total. The second-order valence-corrected chi connectivity index (χ2v) is 4.76. The molecule has 0 radical (unpaired) electrons. The lowest BCUT2D eigenvalue weighted by atomic mass is 10.2. The van der Waals surface area contributed by atoms with Crippen LogP contribution < -0.4 is 4.90 Å². The van der Waals surface area contributed by atoms with E-state index in [1.54, 1.807) is 35.7 Å². The maximum atomic E-state index is 12.2. The highest BCUT2D eigenvalue weighted by Gasteiger charge is 2.35. The number of anilines is 1. The van der Waals surface area contributed by atoms with Crippen LogP contribution in [0, 0.1) is 0 Å². The Morgan fingerprint density at radius 1 is 1.33 bits per heavy atom. The number of nitrogens with one attached hydrogen (secondary N) is 1. The fraction of sp³-hybridized carbons (Fsp3) is 0.0714. The van der Waals surface area contributed by atoms with Gasteiger partial charge in [0.2, 0.25) is 0 Å². The topological polar surface area (TPSA) is 87.0 Å². The number of hydrogen-bond acceptors (Lipinski definition) is 4. The van der Waals surface area contributed by atoms with Gasteiger partial charge in [-0.1, -0.05) is 0 Å². The third kappa shape index (κ3) is 1.71. The molecule has 2 aromatic heterocycles. The molecular formula is C14H11N5O2. The van der Waals surface area contributed by atoms with Gasteiger partial charge in [0.1, 0.15) is 5.76 Å². The number of amides is 1. The van der Waals surface area contributed by atoms with E-state index in [0.29, 0.717) is 5.69 Å². The van der Waals surface area contributed by atoms with Crippen LogP contribution in [0.25, 0.3) is 11.0 Å². The smallest absolute Gasteiger partial charge is 0.256 e. The number of benzene rings is 1. The molecule has 4 rings (SSSR count). The SMILES string of the molecule is O=C1C=C(O)C(n2ccnc2)N1c1ccc2nc[nH]c2c1. The number of aromatic amines is 1. The minimum absolute atomic E-state index is 0.0114. The number of imidazole rings is 2. The summed E-state index contributed by atoms with van der Waals surface area (Å²) in [6.07, 6.45) is 7.09. The van der Waals surface area contributed by atoms with Gasteiger partial charge >= 0.3 is 0 Å². The van der Waals surface area contributed by atoms with Gasteiger partial charge in [-0.2, -0.15) is 0 Å². The summed E-state index contributed by atoms with van der Waals surface area (Å²) >= 11 is 0. The van der Waals surface area contributed by atoms with Crippen LogP contribution in [0.5, 0.6) is 0 Å². The van der Waals surface area contributed by atoms with E-state index in [1.807, 2.05) is 12.1 Å². The van der Waals surface area contributed by atoms with Gasteiger partial charge in [-0.05, 0) is 18.2 Å². The first-order valence-corrected chi connectivity index (χ1v) is 6.38. The highest BCUT2D eigenvalue weighted by atomic mass is 16.3. The van der Waals surface area contributed by atoms with Crippen molar-refractivity contribution in [1.82, 2.24) is 19.5 Å². The van der Waals surface area contributed by atoms with E-state index in [-0.39, 0.29) is 11.7 Å². The minimum Gasteiger partial charge on any atom is -0.508 e. The molecule has 3 heterocycles. The van der Waals surface area contributed by atoms with Crippen molar-refractivity contribution >= 4 is 22.6 Å². The van der Waals surface area contributed by atoms with E-state index in [1.165, 1.54) is 11.0 Å². The van der Waals surface area contributed by atoms with Gasteiger partial charge in [-0.15, -0.1) is 0 Å². The number of rotatable bonds is 2. The fourth-order valence-corrected chi connectivity index (χ4v) is 2.57. The van der Waals surface area contributed by atoms with Gasteiger partial charge in [-0.25, -0.2) is 9.97 Å². The number of H-pyrrole nitrogens is 1. The molecule has 1 aliphatic rings. The van der Waals surface area contributed by atoms with Crippen molar-refractivity contribution < 1.29 is 9.90 Å². The number of fused-ring (bicyclic) bond motifs is 1. The van der Waals surface area contributed by atoms with Gasteiger partial charge < -0.3 is 14.7 Å². The molecule has 0 saturated heterocycles. The van der Waals surface area contributed by atoms with E-state index in [0.717, 1.165) is 11.0 Å². The maximum absolute atomic E-state index is 12.2. The second kappa shape index (κ2) is 4.20. The van der Waals surface area contributed by atoms with E-state index in [9.17, 15) is 9.90 Å². The normalized spacial score (nSPS) is 18.5. The van der Waals surface area contributed by atoms with E-state index in [2.05, 4.69) is 15.0 Å². The molecule has 0 bridgehead atoms. The molecule has 0 fully saturated rings. The van der Waals surface area contributed by atoms with Crippen LogP contribution >= 0.6 is 0 Å². The molecule has 1 atom stereocenters. The van der Waals surface area contributed by atoms with Gasteiger partial charge in [0.05, 0.1) is 23.7 Å². The zero-order valence-electron chi connectivity index (χ0n) is 10.8. The quantitative estimate of drug-likeness (QED) is 0.749. The lowest BCUT2D eigenvalue weighted by molar-refractivity contribution is -0.114. The Hall–Kier alpha value is -3.09. The number of aliphatic hydroxyl groups excluding tert-OH is 1. The summed E-state index contributed by atoms with van der Waals surface area (Å²) in [5, 5.41) is 10.1. The summed E-state index contributed by atoms with van der Waals surface area (Å²) < 4.78 is 1.67. The Balaban J connectivity index is 1.83. The lowest BCUT2D eigenvalue weighted by Crippen LogP contribution is -2.32. The summed E-state index contributed by atoms with van der Waals surface area (Å²) in [4.78, 5) is 24.8. The number of nitrogens with zero attached hydrogens (tertiary/aromatic N) is 4. The van der Waals surface area contributed by atoms with Crippen LogP contribution in [-0.4, -0.2) is 30.5 Å². The number of hydrogen-bond donors (Lipinski definition) is 2. The van der Waals surface area contributed by atoms with Crippen molar-refractivity contribution in [2.24, 2.45) is 0 Å². The Labute approximate surface area is 119 Å². The van der Waals surface area contributed by atoms with Crippen molar-refractivity contribution in [1.29, 1.82) is 0 Å². The number of carbonyl (C=O) groups is 1. The van der Waals surface area contributed by atoms with Crippen molar-refractivity contribution in [2.45, 2.75) is 6.17 Å². The zero-order chi connectivity index (χ0) is 14.4. The molecule has 1 aromatic carbocycles. The molecule has 21 heavy (non-hydrogen) atoms. The summed E-state index contributed by atoms with van der Waals surface area (Å²) in [5.74, 6) is -0.284. The van der Waals surface area contributed by atoms with Crippen molar-refractivity contribution in [3.05, 3.63) is 55.1 Å². The molecule has 0 aliphatic carbocycles. The molecule has 0 saturated carbocycles. The Morgan fingerprint density at radius 2 is 2.24 bits per heavy atom. The number of aliphatic hydroxyl groups is 1. The highest BCUT2D eigenvalue weighted by molar-refractivity contribution is 6.05. The van der Waals surface area contributed by atoms with Crippen LogP contribution in [0.1, 0.15) is 6.17 Å². The summed E-state index contributed by atoms with van der Waals surface area (Å²) in [5.41, 5.74) is 2.33. The van der Waals surface area contributed by atoms with Crippen molar-refractivity contribution in [3.63, 3.8) is 0 Å². The third-order valence-electron chi connectivity index (χ3n) is 3.51. The van der Waals surface area contributed by atoms with Crippen LogP contribution in [0.4, 0.5) is 5.69 Å². The molecule has 7 heteroatoms. The van der Waals surface area contributed by atoms with Crippen molar-refractivity contribution in [2.75, 3.05) is 4.90 Å². The van der Waals surface area contributed by atoms with Gasteiger partial charge in [-0.3, -0.25) is 9.69 Å². The van der Waals surface area contributed by atoms with Gasteiger partial charge in [0.15, 0.2) is 6.17 Å². The molecule has 7 nitrogen and oxygen atoms in total. The predicted molar refractivity (Wildman–Crippen MR) is 75.6 cm³/mol. The van der Waals surface area contributed by atoms with Crippen LogP contribution in [0.3, 0.4) is 0 Å². The lowest BCUT2D eigenvalue weighted by Gasteiger charge is -2.26. The van der Waals surface area contributed by atoms with Crippen molar-refractivity contribution in [3.8, 4) is 0 Å². The van der Waals surface area contributed by atoms with Crippen LogP contribution in [-0.2, 0) is 4.79 Å². The van der Waals surface area contributed by atoms with Crippen LogP contribution in [0.2, 0.25) is 0 Å². The van der Waals surface area contributed by atoms with Crippen LogP contribution in [0.15, 0.2) is 55.1 Å². The molecule has 0 spiro atoms. The average Bonchev–Trinajstić information content (AvgIpc) is 3.17. The monoisotopic (exact) mass is 281 g/mol. The van der Waals surface area contributed by atoms with E-state index in [4.69, 9.17) is 0 Å². The first-order chi connectivity index (χ1) is 10.2. The summed E-state index contributed by atoms with van der Waals surface area (Å²) in [6, 6.07) is 5.46. The average molecular weight is 281 g/mol. The Kier molecular flexibility index (Phi) is 2.34. The predicted octanol–water partition coefficient (Wildman–Crippen LogP) is 1.75. The first kappa shape index (κ1) is 11.7. The largest absolute Gasteiger partial charge is 0.508 e. The standard InChI is InChI=1S/C14H11N5O2/c20-12-6-13(21)19(14(12)18-4-3-15-8-18)9-1-2-10-11(5-9)17-7-16-10/h1-8,14,20H,(H,16,17). The summed E-state index contributed by atoms with van der Waals surface area (Å²) in [6.45, 7) is 0. The fourth-order valence-electron chi connectivity index (χ4n) is 2.57. The number of carbonyl (C=O) groups excluding carboxylic acids is 1. The molecular weight excluding hydrogens is 270 g/mol. The van der Waals surface area contributed by atoms with Gasteiger partial charge in [0, 0.05) is 24.2 Å². The van der Waals surface area contributed by atoms with E-state index < -0.39 is 6.17 Å².